The maximum absolute atomic E-state index is 13.1. The van der Waals surface area contributed by atoms with Gasteiger partial charge in [0.1, 0.15) is 6.10 Å². The van der Waals surface area contributed by atoms with Crippen molar-refractivity contribution in [3.63, 3.8) is 0 Å². The van der Waals surface area contributed by atoms with Crippen molar-refractivity contribution in [1.82, 2.24) is 5.32 Å². The highest BCUT2D eigenvalue weighted by Gasteiger charge is 2.24. The number of aliphatic hydroxyl groups is 2. The van der Waals surface area contributed by atoms with Gasteiger partial charge in [-0.3, -0.25) is 9.59 Å². The minimum Gasteiger partial charge on any atom is -0.462 e. The fourth-order valence-electron chi connectivity index (χ4n) is 6.65. The third-order valence-corrected chi connectivity index (χ3v) is 10.1. The number of amides is 1. The number of rotatable bonds is 40. The molecule has 0 radical (unpaired) electrons. The van der Waals surface area contributed by atoms with E-state index >= 15 is 0 Å². The van der Waals surface area contributed by atoms with E-state index in [2.05, 4.69) is 68.6 Å². The normalized spacial score (nSPS) is 14.0. The molecule has 6 nitrogen and oxygen atoms in total. The Morgan fingerprint density at radius 3 is 1.66 bits per heavy atom. The molecule has 0 fully saturated rings. The molecule has 0 aliphatic carbocycles. The molecular formula is C50H87NO5. The van der Waals surface area contributed by atoms with Gasteiger partial charge in [-0.2, -0.15) is 0 Å². The molecule has 1 amide bonds. The number of hydrogen-bond donors (Lipinski definition) is 3. The Kier molecular flexibility index (Phi) is 41.3. The topological polar surface area (TPSA) is 95.9 Å². The number of allylic oxidation sites excluding steroid dienone is 12. The van der Waals surface area contributed by atoms with E-state index in [1.54, 1.807) is 0 Å². The van der Waals surface area contributed by atoms with Crippen molar-refractivity contribution < 1.29 is 24.5 Å². The number of hydrogen-bond acceptors (Lipinski definition) is 5. The first kappa shape index (κ1) is 53.3. The minimum absolute atomic E-state index is 0.0488. The summed E-state index contributed by atoms with van der Waals surface area (Å²) < 4.78 is 5.88. The van der Waals surface area contributed by atoms with Crippen molar-refractivity contribution in [2.75, 3.05) is 6.61 Å². The van der Waals surface area contributed by atoms with Gasteiger partial charge in [-0.15, -0.1) is 0 Å². The molecule has 322 valence electrons. The van der Waals surface area contributed by atoms with Crippen LogP contribution in [0.25, 0.3) is 0 Å². The molecule has 3 atom stereocenters. The lowest BCUT2D eigenvalue weighted by atomic mass is 10.0. The Labute approximate surface area is 345 Å². The van der Waals surface area contributed by atoms with Gasteiger partial charge >= 0.3 is 5.97 Å². The molecule has 3 N–H and O–H groups in total. The zero-order chi connectivity index (χ0) is 41.0. The largest absolute Gasteiger partial charge is 0.462 e. The Balaban J connectivity index is 4.68. The minimum atomic E-state index is -0.800. The molecule has 0 saturated carbocycles. The van der Waals surface area contributed by atoms with Crippen molar-refractivity contribution in [1.29, 1.82) is 0 Å². The van der Waals surface area contributed by atoms with Gasteiger partial charge in [0.25, 0.3) is 0 Å². The van der Waals surface area contributed by atoms with E-state index < -0.39 is 18.2 Å². The van der Waals surface area contributed by atoms with E-state index in [9.17, 15) is 19.8 Å². The van der Waals surface area contributed by atoms with Crippen LogP contribution in [0.2, 0.25) is 0 Å². The molecule has 6 heteroatoms. The second kappa shape index (κ2) is 43.4. The van der Waals surface area contributed by atoms with Crippen LogP contribution in [0.4, 0.5) is 0 Å². The Morgan fingerprint density at radius 1 is 0.554 bits per heavy atom. The van der Waals surface area contributed by atoms with Gasteiger partial charge in [0, 0.05) is 6.42 Å². The average molecular weight is 782 g/mol. The molecule has 0 aliphatic heterocycles. The fraction of sp³-hybridized carbons (Fsp3) is 0.720. The van der Waals surface area contributed by atoms with E-state index in [1.807, 2.05) is 30.4 Å². The van der Waals surface area contributed by atoms with Crippen LogP contribution < -0.4 is 5.32 Å². The smallest absolute Gasteiger partial charge is 0.306 e. The lowest BCUT2D eigenvalue weighted by molar-refractivity contribution is -0.151. The number of aliphatic hydroxyl groups excluding tert-OH is 2. The number of esters is 1. The summed E-state index contributed by atoms with van der Waals surface area (Å²) >= 11 is 0. The van der Waals surface area contributed by atoms with Crippen LogP contribution in [0, 0.1) is 0 Å². The first-order valence-electron chi connectivity index (χ1n) is 23.2. The van der Waals surface area contributed by atoms with Crippen LogP contribution in [-0.4, -0.2) is 46.9 Å². The number of carbonyl (C=O) groups is 2. The predicted octanol–water partition coefficient (Wildman–Crippen LogP) is 13.4. The van der Waals surface area contributed by atoms with Gasteiger partial charge in [-0.25, -0.2) is 0 Å². The summed E-state index contributed by atoms with van der Waals surface area (Å²) in [5, 5.41) is 23.7. The SMILES string of the molecule is CC/C=C/C=C/C=C\C=C/CCCCCC(=O)OC(CCCCCCC/C=C/C/C=C/CC)CC(=O)NC(CO)C(O)CCCCCCCCCCCCCC. The standard InChI is InChI=1S/C50H87NO5/c1-4-7-10-13-16-19-22-25-28-31-34-37-40-43-50(55)56-46(41-38-35-32-29-26-23-20-17-14-11-8-5-2)44-49(54)51-47(45-52)48(53)42-39-36-33-30-27-24-21-18-15-12-9-6-3/h7-8,10-11,13,16-17,19-20,22,25,28,46-48,52-53H,4-6,9,12,14-15,18,21,23-24,26-27,29-45H2,1-3H3,(H,51,54)/b10-7+,11-8+,16-13+,20-17+,22-19-,28-25-. The average Bonchev–Trinajstić information content (AvgIpc) is 3.19. The second-order valence-corrected chi connectivity index (χ2v) is 15.5. The molecule has 56 heavy (non-hydrogen) atoms. The van der Waals surface area contributed by atoms with Gasteiger partial charge in [0.15, 0.2) is 0 Å². The Bertz CT molecular complexity index is 1060. The number of carbonyl (C=O) groups excluding carboxylic acids is 2. The maximum Gasteiger partial charge on any atom is 0.306 e. The predicted molar refractivity (Wildman–Crippen MR) is 241 cm³/mol. The molecule has 0 aromatic carbocycles. The Hall–Kier alpha value is -2.70. The lowest BCUT2D eigenvalue weighted by Gasteiger charge is -2.24. The van der Waals surface area contributed by atoms with E-state index in [-0.39, 0.29) is 24.9 Å². The third-order valence-electron chi connectivity index (χ3n) is 10.1. The highest BCUT2D eigenvalue weighted by Crippen LogP contribution is 2.17. The second-order valence-electron chi connectivity index (χ2n) is 15.5. The van der Waals surface area contributed by atoms with Crippen LogP contribution in [0.3, 0.4) is 0 Å². The van der Waals surface area contributed by atoms with E-state index in [0.29, 0.717) is 19.3 Å². The van der Waals surface area contributed by atoms with Crippen LogP contribution in [0.5, 0.6) is 0 Å². The van der Waals surface area contributed by atoms with Crippen LogP contribution in [0.1, 0.15) is 207 Å². The van der Waals surface area contributed by atoms with Gasteiger partial charge in [0.05, 0.1) is 25.2 Å². The highest BCUT2D eigenvalue weighted by molar-refractivity contribution is 5.77. The molecule has 0 heterocycles. The van der Waals surface area contributed by atoms with Crippen molar-refractivity contribution in [3.05, 3.63) is 72.9 Å². The molecular weight excluding hydrogens is 695 g/mol. The van der Waals surface area contributed by atoms with E-state index in [0.717, 1.165) is 96.3 Å². The first-order valence-corrected chi connectivity index (χ1v) is 23.2. The molecule has 0 aliphatic rings. The summed E-state index contributed by atoms with van der Waals surface area (Å²) in [5.74, 6) is -0.540. The van der Waals surface area contributed by atoms with Gasteiger partial charge in [-0.05, 0) is 70.6 Å². The summed E-state index contributed by atoms with van der Waals surface area (Å²) in [6, 6.07) is -0.716. The van der Waals surface area contributed by atoms with E-state index in [4.69, 9.17) is 4.74 Å². The van der Waals surface area contributed by atoms with Crippen LogP contribution in [-0.2, 0) is 14.3 Å². The van der Waals surface area contributed by atoms with Crippen LogP contribution in [0.15, 0.2) is 72.9 Å². The van der Waals surface area contributed by atoms with Gasteiger partial charge in [-0.1, -0.05) is 196 Å². The van der Waals surface area contributed by atoms with Crippen molar-refractivity contribution >= 4 is 11.9 Å². The first-order chi connectivity index (χ1) is 27.5. The quantitative estimate of drug-likeness (QED) is 0.0249. The van der Waals surface area contributed by atoms with Crippen molar-refractivity contribution in [2.24, 2.45) is 0 Å². The highest BCUT2D eigenvalue weighted by atomic mass is 16.5. The van der Waals surface area contributed by atoms with E-state index in [1.165, 1.54) is 64.2 Å². The molecule has 0 bridgehead atoms. The van der Waals surface area contributed by atoms with Crippen molar-refractivity contribution in [2.45, 2.75) is 225 Å². The third kappa shape index (κ3) is 38.2. The molecule has 0 aromatic heterocycles. The molecule has 0 aromatic rings. The summed E-state index contributed by atoms with van der Waals surface area (Å²) in [6.45, 7) is 6.20. The zero-order valence-electron chi connectivity index (χ0n) is 36.5. The van der Waals surface area contributed by atoms with Gasteiger partial charge in [0.2, 0.25) is 5.91 Å². The molecule has 0 rings (SSSR count). The van der Waals surface area contributed by atoms with Gasteiger partial charge < -0.3 is 20.3 Å². The summed E-state index contributed by atoms with van der Waals surface area (Å²) in [7, 11) is 0. The van der Waals surface area contributed by atoms with Crippen LogP contribution >= 0.6 is 0 Å². The summed E-state index contributed by atoms with van der Waals surface area (Å²) in [5.41, 5.74) is 0. The zero-order valence-corrected chi connectivity index (χ0v) is 36.5. The monoisotopic (exact) mass is 782 g/mol. The maximum atomic E-state index is 13.1. The Morgan fingerprint density at radius 2 is 1.05 bits per heavy atom. The number of unbranched alkanes of at least 4 members (excludes halogenated alkanes) is 19. The fourth-order valence-corrected chi connectivity index (χ4v) is 6.65. The lowest BCUT2D eigenvalue weighted by Crippen LogP contribution is -2.46. The number of ether oxygens (including phenoxy) is 1. The molecule has 0 spiro atoms. The summed E-state index contributed by atoms with van der Waals surface area (Å²) in [6.07, 6.45) is 53.9. The summed E-state index contributed by atoms with van der Waals surface area (Å²) in [4.78, 5) is 26.0. The van der Waals surface area contributed by atoms with Crippen molar-refractivity contribution in [3.8, 4) is 0 Å². The number of nitrogens with one attached hydrogen (secondary N) is 1. The molecule has 3 unspecified atom stereocenters. The molecule has 0 saturated heterocycles.